The van der Waals surface area contributed by atoms with Crippen molar-refractivity contribution in [2.24, 2.45) is 0 Å². The number of rotatable bonds is 5. The van der Waals surface area contributed by atoms with E-state index in [-0.39, 0.29) is 0 Å². The lowest BCUT2D eigenvalue weighted by atomic mass is 9.98. The second-order valence-electron chi connectivity index (χ2n) is 5.31. The molecule has 0 amide bonds. The van der Waals surface area contributed by atoms with Crippen LogP contribution in [0.15, 0.2) is 42.5 Å². The second-order valence-corrected chi connectivity index (χ2v) is 5.31. The molecule has 0 saturated carbocycles. The van der Waals surface area contributed by atoms with Crippen LogP contribution in [0.2, 0.25) is 0 Å². The van der Waals surface area contributed by atoms with Crippen LogP contribution in [-0.4, -0.2) is 25.2 Å². The smallest absolute Gasteiger partial charge is 0.330 e. The minimum atomic E-state index is -0.402. The first-order valence-electron chi connectivity index (χ1n) is 7.60. The molecule has 24 heavy (non-hydrogen) atoms. The van der Waals surface area contributed by atoms with Gasteiger partial charge in [0.25, 0.3) is 0 Å². The van der Waals surface area contributed by atoms with E-state index in [2.05, 4.69) is 15.8 Å². The van der Waals surface area contributed by atoms with Crippen molar-refractivity contribution in [2.75, 3.05) is 14.2 Å². The van der Waals surface area contributed by atoms with Crippen LogP contribution in [0.1, 0.15) is 29.3 Å². The van der Waals surface area contributed by atoms with Crippen LogP contribution in [0.5, 0.6) is 5.88 Å². The summed E-state index contributed by atoms with van der Waals surface area (Å²) in [5.41, 5.74) is 4.76. The fourth-order valence-electron chi connectivity index (χ4n) is 2.39. The van der Waals surface area contributed by atoms with Gasteiger partial charge in [-0.1, -0.05) is 36.4 Å². The molecule has 0 atom stereocenters. The highest BCUT2D eigenvalue weighted by molar-refractivity contribution is 5.90. The number of carbonyl (C=O) groups is 1. The average molecular weight is 323 g/mol. The van der Waals surface area contributed by atoms with Crippen molar-refractivity contribution in [3.63, 3.8) is 0 Å². The van der Waals surface area contributed by atoms with Gasteiger partial charge in [0.05, 0.1) is 14.2 Å². The summed E-state index contributed by atoms with van der Waals surface area (Å²) in [5.74, 6) is 0.138. The Morgan fingerprint density at radius 3 is 2.50 bits per heavy atom. The number of benzene rings is 1. The zero-order valence-electron chi connectivity index (χ0n) is 14.4. The number of allylic oxidation sites excluding steroid dienone is 1. The quantitative estimate of drug-likeness (QED) is 0.613. The molecule has 4 nitrogen and oxygen atoms in total. The summed E-state index contributed by atoms with van der Waals surface area (Å²) in [6, 6.07) is 11.9. The van der Waals surface area contributed by atoms with E-state index < -0.39 is 5.97 Å². The molecular formula is C20H21NO3. The maximum atomic E-state index is 11.4. The standard InChI is InChI=1S/C20H21NO3/c1-14(12-16-8-6-5-7-9-16)18-13-19(23-3)21-15(2)17(18)10-11-20(22)24-4/h5-13H,1-4H3/b11-10+,14-12+. The molecule has 0 unspecified atom stereocenters. The van der Waals surface area contributed by atoms with Crippen molar-refractivity contribution in [1.29, 1.82) is 0 Å². The Balaban J connectivity index is 2.53. The molecule has 0 fully saturated rings. The molecule has 1 aromatic carbocycles. The molecule has 0 bridgehead atoms. The van der Waals surface area contributed by atoms with Gasteiger partial charge in [0, 0.05) is 23.4 Å². The third kappa shape index (κ3) is 4.32. The van der Waals surface area contributed by atoms with Gasteiger partial charge in [-0.2, -0.15) is 0 Å². The Labute approximate surface area is 142 Å². The van der Waals surface area contributed by atoms with Crippen LogP contribution in [0.25, 0.3) is 17.7 Å². The number of nitrogens with zero attached hydrogens (tertiary/aromatic N) is 1. The lowest BCUT2D eigenvalue weighted by molar-refractivity contribution is -0.134. The monoisotopic (exact) mass is 323 g/mol. The Morgan fingerprint density at radius 2 is 1.88 bits per heavy atom. The highest BCUT2D eigenvalue weighted by Crippen LogP contribution is 2.28. The lowest BCUT2D eigenvalue weighted by Crippen LogP contribution is -1.99. The fraction of sp³-hybridized carbons (Fsp3) is 0.200. The zero-order valence-corrected chi connectivity index (χ0v) is 14.4. The number of hydrogen-bond donors (Lipinski definition) is 0. The first-order chi connectivity index (χ1) is 11.5. The predicted octanol–water partition coefficient (Wildman–Crippen LogP) is 4.15. The molecule has 1 heterocycles. The minimum Gasteiger partial charge on any atom is -0.481 e. The van der Waals surface area contributed by atoms with Gasteiger partial charge in [-0.3, -0.25) is 0 Å². The van der Waals surface area contributed by atoms with Gasteiger partial charge in [-0.15, -0.1) is 0 Å². The predicted molar refractivity (Wildman–Crippen MR) is 96.6 cm³/mol. The normalized spacial score (nSPS) is 11.6. The largest absolute Gasteiger partial charge is 0.481 e. The SMILES string of the molecule is COC(=O)/C=C/c1c(/C(C)=C/c2ccccc2)cc(OC)nc1C. The van der Waals surface area contributed by atoms with Crippen LogP contribution in [0.3, 0.4) is 0 Å². The second kappa shape index (κ2) is 8.11. The van der Waals surface area contributed by atoms with Crippen molar-refractivity contribution in [3.05, 3.63) is 64.9 Å². The molecule has 124 valence electrons. The molecule has 0 N–H and O–H groups in total. The summed E-state index contributed by atoms with van der Waals surface area (Å²) < 4.78 is 9.95. The number of methoxy groups -OCH3 is 2. The van der Waals surface area contributed by atoms with Gasteiger partial charge >= 0.3 is 5.97 Å². The van der Waals surface area contributed by atoms with E-state index in [0.717, 1.165) is 28.0 Å². The summed E-state index contributed by atoms with van der Waals surface area (Å²) in [7, 11) is 2.94. The van der Waals surface area contributed by atoms with Crippen LogP contribution < -0.4 is 4.74 Å². The molecule has 1 aromatic heterocycles. The Bertz CT molecular complexity index is 777. The molecule has 4 heteroatoms. The molecule has 0 radical (unpaired) electrons. The van der Waals surface area contributed by atoms with Crippen LogP contribution in [0.4, 0.5) is 0 Å². The van der Waals surface area contributed by atoms with E-state index in [0.29, 0.717) is 5.88 Å². The van der Waals surface area contributed by atoms with E-state index in [1.54, 1.807) is 13.2 Å². The van der Waals surface area contributed by atoms with E-state index in [9.17, 15) is 4.79 Å². The van der Waals surface area contributed by atoms with E-state index in [1.807, 2.05) is 50.2 Å². The number of hydrogen-bond acceptors (Lipinski definition) is 4. The van der Waals surface area contributed by atoms with Gasteiger partial charge in [0.1, 0.15) is 0 Å². The molecule has 0 aliphatic rings. The van der Waals surface area contributed by atoms with Gasteiger partial charge in [0.2, 0.25) is 5.88 Å². The van der Waals surface area contributed by atoms with Crippen molar-refractivity contribution in [3.8, 4) is 5.88 Å². The number of esters is 1. The molecule has 0 saturated heterocycles. The summed E-state index contributed by atoms with van der Waals surface area (Å²) >= 11 is 0. The summed E-state index contributed by atoms with van der Waals surface area (Å²) in [6.45, 7) is 3.91. The first-order valence-corrected chi connectivity index (χ1v) is 7.60. The lowest BCUT2D eigenvalue weighted by Gasteiger charge is -2.12. The van der Waals surface area contributed by atoms with Crippen LogP contribution in [0, 0.1) is 6.92 Å². The van der Waals surface area contributed by atoms with Gasteiger partial charge in [-0.25, -0.2) is 9.78 Å². The average Bonchev–Trinajstić information content (AvgIpc) is 2.60. The Morgan fingerprint density at radius 1 is 1.17 bits per heavy atom. The molecule has 0 spiro atoms. The van der Waals surface area contributed by atoms with Crippen LogP contribution in [-0.2, 0) is 9.53 Å². The third-order valence-electron chi connectivity index (χ3n) is 3.63. The number of aryl methyl sites for hydroxylation is 1. The van der Waals surface area contributed by atoms with Crippen molar-refractivity contribution >= 4 is 23.7 Å². The fourth-order valence-corrected chi connectivity index (χ4v) is 2.39. The Kier molecular flexibility index (Phi) is 5.90. The highest BCUT2D eigenvalue weighted by atomic mass is 16.5. The summed E-state index contributed by atoms with van der Waals surface area (Å²) in [6.07, 6.45) is 5.21. The van der Waals surface area contributed by atoms with Gasteiger partial charge < -0.3 is 9.47 Å². The van der Waals surface area contributed by atoms with E-state index >= 15 is 0 Å². The number of ether oxygens (including phenoxy) is 2. The first kappa shape index (κ1) is 17.5. The van der Waals surface area contributed by atoms with E-state index in [1.165, 1.54) is 13.2 Å². The minimum absolute atomic E-state index is 0.402. The van der Waals surface area contributed by atoms with Gasteiger partial charge in [0.15, 0.2) is 0 Å². The van der Waals surface area contributed by atoms with Gasteiger partial charge in [-0.05, 0) is 36.6 Å². The summed E-state index contributed by atoms with van der Waals surface area (Å²) in [4.78, 5) is 15.8. The molecule has 2 aromatic rings. The maximum absolute atomic E-state index is 11.4. The van der Waals surface area contributed by atoms with Crippen molar-refractivity contribution < 1.29 is 14.3 Å². The topological polar surface area (TPSA) is 48.4 Å². The maximum Gasteiger partial charge on any atom is 0.330 e. The third-order valence-corrected chi connectivity index (χ3v) is 3.63. The molecule has 0 aliphatic heterocycles. The number of pyridine rings is 1. The number of aromatic nitrogens is 1. The zero-order chi connectivity index (χ0) is 17.5. The molecule has 0 aliphatic carbocycles. The number of carbonyl (C=O) groups excluding carboxylic acids is 1. The highest BCUT2D eigenvalue weighted by Gasteiger charge is 2.10. The molecular weight excluding hydrogens is 302 g/mol. The summed E-state index contributed by atoms with van der Waals surface area (Å²) in [5, 5.41) is 0. The Hall–Kier alpha value is -2.88. The van der Waals surface area contributed by atoms with E-state index in [4.69, 9.17) is 4.74 Å². The van der Waals surface area contributed by atoms with Crippen LogP contribution >= 0.6 is 0 Å². The van der Waals surface area contributed by atoms with Crippen molar-refractivity contribution in [1.82, 2.24) is 4.98 Å². The molecule has 2 rings (SSSR count). The van der Waals surface area contributed by atoms with Crippen molar-refractivity contribution in [2.45, 2.75) is 13.8 Å².